The lowest BCUT2D eigenvalue weighted by Gasteiger charge is -2.39. The Kier molecular flexibility index (Phi) is 6.40. The summed E-state index contributed by atoms with van der Waals surface area (Å²) < 4.78 is 7.50. The molecule has 0 radical (unpaired) electrons. The molecule has 2 aliphatic heterocycles. The maximum Gasteiger partial charge on any atom is 0.238 e. The SMILES string of the molecule is Cc1nn(C)c(C)c1NC(=O)CN1CCC(C(=O)N2CC(C)OC(C)C2)CC1. The predicted octanol–water partition coefficient (Wildman–Crippen LogP) is 1.32. The molecule has 1 aromatic heterocycles. The van der Waals surface area contributed by atoms with Crippen molar-refractivity contribution in [2.45, 2.75) is 52.7 Å². The maximum atomic E-state index is 12.9. The van der Waals surface area contributed by atoms with Crippen LogP contribution in [-0.2, 0) is 21.4 Å². The number of carbonyl (C=O) groups excluding carboxylic acids is 2. The van der Waals surface area contributed by atoms with E-state index in [4.69, 9.17) is 4.74 Å². The van der Waals surface area contributed by atoms with Gasteiger partial charge < -0.3 is 15.0 Å². The van der Waals surface area contributed by atoms with Crippen molar-refractivity contribution in [2.24, 2.45) is 13.0 Å². The standard InChI is InChI=1S/C20H33N5O3/c1-13-10-25(11-14(2)28-13)20(27)17-6-8-24(9-7-17)12-18(26)21-19-15(3)22-23(5)16(19)4/h13-14,17H,6-12H2,1-5H3,(H,21,26). The topological polar surface area (TPSA) is 79.7 Å². The van der Waals surface area contributed by atoms with Crippen LogP contribution in [0.3, 0.4) is 0 Å². The van der Waals surface area contributed by atoms with Gasteiger partial charge in [0.1, 0.15) is 0 Å². The van der Waals surface area contributed by atoms with E-state index in [2.05, 4.69) is 15.3 Å². The van der Waals surface area contributed by atoms with E-state index >= 15 is 0 Å². The van der Waals surface area contributed by atoms with Gasteiger partial charge in [-0.05, 0) is 53.6 Å². The Labute approximate surface area is 167 Å². The molecule has 1 aromatic rings. The Morgan fingerprint density at radius 2 is 1.75 bits per heavy atom. The minimum absolute atomic E-state index is 0.0280. The van der Waals surface area contributed by atoms with Gasteiger partial charge >= 0.3 is 0 Å². The second kappa shape index (κ2) is 8.61. The van der Waals surface area contributed by atoms with Gasteiger partial charge in [0.05, 0.1) is 35.8 Å². The average Bonchev–Trinajstić information content (AvgIpc) is 2.87. The minimum atomic E-state index is -0.0280. The zero-order valence-corrected chi connectivity index (χ0v) is 17.7. The first-order chi connectivity index (χ1) is 13.2. The number of nitrogens with one attached hydrogen (secondary N) is 1. The smallest absolute Gasteiger partial charge is 0.238 e. The van der Waals surface area contributed by atoms with E-state index in [0.29, 0.717) is 19.6 Å². The normalized spacial score (nSPS) is 24.4. The van der Waals surface area contributed by atoms with Gasteiger partial charge in [0.15, 0.2) is 0 Å². The molecule has 3 rings (SSSR count). The summed E-state index contributed by atoms with van der Waals surface area (Å²) >= 11 is 0. The van der Waals surface area contributed by atoms with Crippen molar-refractivity contribution in [3.05, 3.63) is 11.4 Å². The Morgan fingerprint density at radius 3 is 2.29 bits per heavy atom. The number of nitrogens with zero attached hydrogens (tertiary/aromatic N) is 4. The number of aryl methyl sites for hydroxylation is 2. The monoisotopic (exact) mass is 391 g/mol. The lowest BCUT2D eigenvalue weighted by Crippen LogP contribution is -2.51. The third kappa shape index (κ3) is 4.72. The molecule has 0 spiro atoms. The summed E-state index contributed by atoms with van der Waals surface area (Å²) in [6.45, 7) is 11.1. The largest absolute Gasteiger partial charge is 0.372 e. The summed E-state index contributed by atoms with van der Waals surface area (Å²) in [5, 5.41) is 7.32. The molecular weight excluding hydrogens is 358 g/mol. The van der Waals surface area contributed by atoms with Gasteiger partial charge in [0, 0.05) is 26.1 Å². The first kappa shape index (κ1) is 20.8. The maximum absolute atomic E-state index is 12.9. The van der Waals surface area contributed by atoms with Crippen LogP contribution in [0.1, 0.15) is 38.1 Å². The molecule has 8 nitrogen and oxygen atoms in total. The van der Waals surface area contributed by atoms with Crippen LogP contribution in [0.4, 0.5) is 5.69 Å². The lowest BCUT2D eigenvalue weighted by molar-refractivity contribution is -0.148. The van der Waals surface area contributed by atoms with Gasteiger partial charge in [0.2, 0.25) is 11.8 Å². The van der Waals surface area contributed by atoms with Crippen LogP contribution in [0.5, 0.6) is 0 Å². The molecule has 156 valence electrons. The molecule has 8 heteroatoms. The number of rotatable bonds is 4. The molecule has 0 saturated carbocycles. The Morgan fingerprint density at radius 1 is 1.14 bits per heavy atom. The van der Waals surface area contributed by atoms with Gasteiger partial charge in [0.25, 0.3) is 0 Å². The van der Waals surface area contributed by atoms with Gasteiger partial charge in [-0.15, -0.1) is 0 Å². The van der Waals surface area contributed by atoms with Gasteiger partial charge in [-0.25, -0.2) is 0 Å². The first-order valence-electron chi connectivity index (χ1n) is 10.2. The highest BCUT2D eigenvalue weighted by atomic mass is 16.5. The molecule has 1 N–H and O–H groups in total. The number of likely N-dealkylation sites (tertiary alicyclic amines) is 1. The number of piperidine rings is 1. The highest BCUT2D eigenvalue weighted by Gasteiger charge is 2.33. The number of hydrogen-bond acceptors (Lipinski definition) is 5. The molecule has 0 bridgehead atoms. The molecule has 28 heavy (non-hydrogen) atoms. The number of aromatic nitrogens is 2. The molecule has 2 unspecified atom stereocenters. The van der Waals surface area contributed by atoms with E-state index in [0.717, 1.165) is 43.0 Å². The van der Waals surface area contributed by atoms with Gasteiger partial charge in [-0.1, -0.05) is 0 Å². The number of anilines is 1. The van der Waals surface area contributed by atoms with Crippen LogP contribution >= 0.6 is 0 Å². The van der Waals surface area contributed by atoms with Gasteiger partial charge in [-0.3, -0.25) is 19.2 Å². The number of ether oxygens (including phenoxy) is 1. The first-order valence-corrected chi connectivity index (χ1v) is 10.2. The van der Waals surface area contributed by atoms with Gasteiger partial charge in [-0.2, -0.15) is 5.10 Å². The highest BCUT2D eigenvalue weighted by molar-refractivity contribution is 5.93. The lowest BCUT2D eigenvalue weighted by atomic mass is 9.94. The molecule has 2 fully saturated rings. The van der Waals surface area contributed by atoms with Crippen molar-refractivity contribution in [3.8, 4) is 0 Å². The molecule has 0 aromatic carbocycles. The van der Waals surface area contributed by atoms with Crippen LogP contribution in [0.2, 0.25) is 0 Å². The molecule has 2 saturated heterocycles. The van der Waals surface area contributed by atoms with E-state index in [9.17, 15) is 9.59 Å². The fourth-order valence-electron chi connectivity index (χ4n) is 4.29. The number of morpholine rings is 1. The average molecular weight is 392 g/mol. The second-order valence-corrected chi connectivity index (χ2v) is 8.27. The van der Waals surface area contributed by atoms with Crippen LogP contribution < -0.4 is 5.32 Å². The summed E-state index contributed by atoms with van der Waals surface area (Å²) in [5.74, 6) is 0.270. The Balaban J connectivity index is 1.47. The Hall–Kier alpha value is -1.93. The highest BCUT2D eigenvalue weighted by Crippen LogP contribution is 2.23. The molecule has 2 atom stereocenters. The summed E-state index contributed by atoms with van der Waals surface area (Å²) in [5.41, 5.74) is 2.57. The third-order valence-corrected chi connectivity index (χ3v) is 5.81. The number of hydrogen-bond donors (Lipinski definition) is 1. The van der Waals surface area contributed by atoms with E-state index in [-0.39, 0.29) is 29.9 Å². The zero-order valence-electron chi connectivity index (χ0n) is 17.7. The fourth-order valence-corrected chi connectivity index (χ4v) is 4.29. The van der Waals surface area contributed by atoms with Crippen molar-refractivity contribution >= 4 is 17.5 Å². The zero-order chi connectivity index (χ0) is 20.4. The second-order valence-electron chi connectivity index (χ2n) is 8.27. The van der Waals surface area contributed by atoms with Crippen LogP contribution in [-0.4, -0.2) is 76.3 Å². The van der Waals surface area contributed by atoms with Crippen molar-refractivity contribution in [1.29, 1.82) is 0 Å². The summed E-state index contributed by atoms with van der Waals surface area (Å²) in [7, 11) is 1.87. The Bertz CT molecular complexity index is 714. The van der Waals surface area contributed by atoms with Crippen molar-refractivity contribution < 1.29 is 14.3 Å². The van der Waals surface area contributed by atoms with E-state index in [1.54, 1.807) is 4.68 Å². The summed E-state index contributed by atoms with van der Waals surface area (Å²) in [4.78, 5) is 29.4. The van der Waals surface area contributed by atoms with Crippen molar-refractivity contribution in [2.75, 3.05) is 38.0 Å². The summed E-state index contributed by atoms with van der Waals surface area (Å²) in [6, 6.07) is 0. The molecule has 0 aliphatic carbocycles. The number of amides is 2. The summed E-state index contributed by atoms with van der Waals surface area (Å²) in [6.07, 6.45) is 1.79. The van der Waals surface area contributed by atoms with Crippen LogP contribution in [0, 0.1) is 19.8 Å². The van der Waals surface area contributed by atoms with E-state index in [1.807, 2.05) is 39.6 Å². The quantitative estimate of drug-likeness (QED) is 0.838. The molecule has 3 heterocycles. The van der Waals surface area contributed by atoms with Crippen molar-refractivity contribution in [3.63, 3.8) is 0 Å². The molecular formula is C20H33N5O3. The van der Waals surface area contributed by atoms with E-state index < -0.39 is 0 Å². The minimum Gasteiger partial charge on any atom is -0.372 e. The van der Waals surface area contributed by atoms with E-state index in [1.165, 1.54) is 0 Å². The van der Waals surface area contributed by atoms with Crippen LogP contribution in [0.25, 0.3) is 0 Å². The predicted molar refractivity (Wildman–Crippen MR) is 107 cm³/mol. The fraction of sp³-hybridized carbons (Fsp3) is 0.750. The third-order valence-electron chi connectivity index (χ3n) is 5.81. The number of carbonyl (C=O) groups is 2. The van der Waals surface area contributed by atoms with Crippen molar-refractivity contribution in [1.82, 2.24) is 19.6 Å². The molecule has 2 amide bonds. The molecule has 2 aliphatic rings. The van der Waals surface area contributed by atoms with Crippen LogP contribution in [0.15, 0.2) is 0 Å².